The van der Waals surface area contributed by atoms with Crippen LogP contribution in [-0.2, 0) is 30.3 Å². The molecule has 0 bridgehead atoms. The first-order chi connectivity index (χ1) is 24.6. The summed E-state index contributed by atoms with van der Waals surface area (Å²) in [5.41, 5.74) is 5.43. The third kappa shape index (κ3) is 9.40. The number of aliphatic hydroxyl groups is 2. The Balaban J connectivity index is 1.44. The van der Waals surface area contributed by atoms with E-state index >= 15 is 0 Å². The molecule has 0 aliphatic carbocycles. The van der Waals surface area contributed by atoms with Gasteiger partial charge in [-0.2, -0.15) is 0 Å². The van der Waals surface area contributed by atoms with Gasteiger partial charge in [0.25, 0.3) is 5.56 Å². The predicted molar refractivity (Wildman–Crippen MR) is 183 cm³/mol. The third-order valence-corrected chi connectivity index (χ3v) is 8.79. The van der Waals surface area contributed by atoms with Gasteiger partial charge in [-0.05, 0) is 25.5 Å². The van der Waals surface area contributed by atoms with E-state index in [4.69, 9.17) is 10.5 Å². The Morgan fingerprint density at radius 2 is 1.77 bits per heavy atom. The summed E-state index contributed by atoms with van der Waals surface area (Å²) in [6.45, 7) is 2.02. The number of aromatic nitrogens is 3. The van der Waals surface area contributed by atoms with Gasteiger partial charge in [-0.15, -0.1) is 0 Å². The molecule has 0 unspecified atom stereocenters. The molecule has 1 aromatic carbocycles. The molecule has 3 heterocycles. The van der Waals surface area contributed by atoms with Gasteiger partial charge < -0.3 is 56.9 Å². The zero-order valence-electron chi connectivity index (χ0n) is 28.6. The second kappa shape index (κ2) is 17.1. The van der Waals surface area contributed by atoms with E-state index in [0.29, 0.717) is 5.56 Å². The topological polar surface area (TPSA) is 303 Å². The molecule has 0 spiro atoms. The molecule has 0 saturated carbocycles. The molecule has 5 amide bonds. The van der Waals surface area contributed by atoms with Crippen molar-refractivity contribution in [1.29, 1.82) is 0 Å². The second-order valence-corrected chi connectivity index (χ2v) is 12.4. The van der Waals surface area contributed by atoms with Crippen LogP contribution in [0.5, 0.6) is 0 Å². The molecule has 1 aliphatic rings. The summed E-state index contributed by atoms with van der Waals surface area (Å²) in [7, 11) is 1.35. The van der Waals surface area contributed by atoms with Gasteiger partial charge >= 0.3 is 17.7 Å². The number of aliphatic hydroxyl groups excluding tert-OH is 2. The van der Waals surface area contributed by atoms with E-state index in [-0.39, 0.29) is 19.4 Å². The van der Waals surface area contributed by atoms with E-state index in [0.717, 1.165) is 32.6 Å². The molecule has 11 N–H and O–H groups in total. The van der Waals surface area contributed by atoms with Crippen molar-refractivity contribution in [3.8, 4) is 0 Å². The normalized spacial score (nSPS) is 19.8. The Hall–Kier alpha value is -5.57. The van der Waals surface area contributed by atoms with Crippen LogP contribution in [0.15, 0.2) is 52.3 Å². The minimum Gasteiger partial charge on any atom is -0.480 e. The number of hydrogen-bond donors (Lipinski definition) is 10. The van der Waals surface area contributed by atoms with Gasteiger partial charge in [-0.25, -0.2) is 14.4 Å². The van der Waals surface area contributed by atoms with Crippen molar-refractivity contribution in [2.45, 2.75) is 75.4 Å². The Kier molecular flexibility index (Phi) is 12.9. The fraction of sp³-hybridized carbons (Fsp3) is 0.469. The molecular weight excluding hydrogens is 686 g/mol. The van der Waals surface area contributed by atoms with Crippen molar-refractivity contribution in [3.63, 3.8) is 0 Å². The number of aromatic amines is 2. The molecule has 20 nitrogen and oxygen atoms in total. The van der Waals surface area contributed by atoms with Gasteiger partial charge in [0.15, 0.2) is 6.23 Å². The van der Waals surface area contributed by atoms with Crippen LogP contribution in [0, 0.1) is 0 Å². The number of H-pyrrole nitrogens is 2. The molecule has 3 aromatic rings. The number of carboxylic acids is 1. The first kappa shape index (κ1) is 39.2. The Morgan fingerprint density at radius 3 is 2.42 bits per heavy atom. The molecule has 52 heavy (non-hydrogen) atoms. The highest BCUT2D eigenvalue weighted by Gasteiger charge is 2.38. The van der Waals surface area contributed by atoms with Crippen molar-refractivity contribution in [2.75, 3.05) is 20.1 Å². The van der Waals surface area contributed by atoms with Gasteiger partial charge in [0.2, 0.25) is 17.7 Å². The SMILES string of the molecule is C[C@H](O)[C@H](NC(=O)N[C@@H](Cc1c[nH]c2ccccc12)C(=O)O)C(=O)N[C@H](C(=O)NC[C@H]1C[C@@H](O)[C@H](n2ccc(=O)[nH]c2=O)O1)[C@H](C)N(C)C(=O)CN. The number of nitrogens with zero attached hydrogens (tertiary/aromatic N) is 2. The first-order valence-corrected chi connectivity index (χ1v) is 16.3. The number of benzene rings is 1. The number of rotatable bonds is 15. The van der Waals surface area contributed by atoms with Crippen LogP contribution in [0.2, 0.25) is 0 Å². The van der Waals surface area contributed by atoms with Crippen molar-refractivity contribution in [2.24, 2.45) is 5.73 Å². The number of amides is 5. The highest BCUT2D eigenvalue weighted by atomic mass is 16.5. The number of carbonyl (C=O) groups is 5. The summed E-state index contributed by atoms with van der Waals surface area (Å²) in [4.78, 5) is 94.4. The first-order valence-electron chi connectivity index (χ1n) is 16.3. The number of para-hydroxylation sites is 1. The van der Waals surface area contributed by atoms with Gasteiger partial charge in [0, 0.05) is 55.8 Å². The molecule has 1 saturated heterocycles. The van der Waals surface area contributed by atoms with Crippen LogP contribution in [-0.4, -0.2) is 127 Å². The zero-order valence-corrected chi connectivity index (χ0v) is 28.6. The van der Waals surface area contributed by atoms with E-state index in [9.17, 15) is 48.9 Å². The average Bonchev–Trinajstić information content (AvgIpc) is 3.69. The van der Waals surface area contributed by atoms with Crippen LogP contribution in [0.3, 0.4) is 0 Å². The van der Waals surface area contributed by atoms with Crippen LogP contribution in [0.25, 0.3) is 10.9 Å². The number of hydrogen-bond acceptors (Lipinski definition) is 11. The summed E-state index contributed by atoms with van der Waals surface area (Å²) in [6.07, 6.45) is -2.05. The highest BCUT2D eigenvalue weighted by Crippen LogP contribution is 2.27. The quantitative estimate of drug-likeness (QED) is 0.0741. The molecule has 4 rings (SSSR count). The van der Waals surface area contributed by atoms with Gasteiger partial charge in [0.1, 0.15) is 24.2 Å². The Labute approximate surface area is 295 Å². The fourth-order valence-corrected chi connectivity index (χ4v) is 5.77. The number of aliphatic carboxylic acids is 1. The lowest BCUT2D eigenvalue weighted by Crippen LogP contribution is -2.63. The summed E-state index contributed by atoms with van der Waals surface area (Å²) in [5, 5.41) is 41.2. The van der Waals surface area contributed by atoms with Crippen LogP contribution < -0.4 is 38.2 Å². The number of carboxylic acid groups (broad SMARTS) is 1. The largest absolute Gasteiger partial charge is 0.480 e. The smallest absolute Gasteiger partial charge is 0.330 e. The molecule has 8 atom stereocenters. The maximum Gasteiger partial charge on any atom is 0.330 e. The Morgan fingerprint density at radius 1 is 1.06 bits per heavy atom. The van der Waals surface area contributed by atoms with Crippen molar-refractivity contribution >= 4 is 40.6 Å². The summed E-state index contributed by atoms with van der Waals surface area (Å²) in [6, 6.07) is 1.53. The number of carbonyl (C=O) groups excluding carboxylic acids is 4. The Bertz CT molecular complexity index is 1890. The number of nitrogens with two attached hydrogens (primary N) is 1. The van der Waals surface area contributed by atoms with Crippen molar-refractivity contribution < 1.29 is 44.0 Å². The van der Waals surface area contributed by atoms with Gasteiger partial charge in [-0.1, -0.05) is 18.2 Å². The molecule has 20 heteroatoms. The summed E-state index contributed by atoms with van der Waals surface area (Å²) >= 11 is 0. The van der Waals surface area contributed by atoms with E-state index < -0.39 is 96.2 Å². The van der Waals surface area contributed by atoms with E-state index in [1.165, 1.54) is 20.9 Å². The standard InChI is InChI=1S/C32H43N9O11/c1-15(40(3)24(45)12-33)25(27(46)35-14-18-11-22(43)29(52-18)41-9-8-23(44)37-32(41)51)38-28(47)26(16(2)42)39-31(50)36-21(30(48)49)10-17-13-34-20-7-5-4-6-19(17)20/h4-9,13,15-16,18,21-22,25-26,29,34,42-43H,10-12,14,33H2,1-3H3,(H,35,46)(H,38,47)(H,48,49)(H2,36,39,50)(H,37,44,51)/t15-,16-,18+,21-,22+,25-,26-,29+/m0/s1. The van der Waals surface area contributed by atoms with Crippen LogP contribution >= 0.6 is 0 Å². The number of nitrogens with one attached hydrogen (secondary N) is 6. The van der Waals surface area contributed by atoms with E-state index in [2.05, 4.69) is 31.2 Å². The van der Waals surface area contributed by atoms with Crippen molar-refractivity contribution in [3.05, 3.63) is 69.1 Å². The maximum atomic E-state index is 13.6. The summed E-state index contributed by atoms with van der Waals surface area (Å²) in [5.74, 6) is -3.79. The number of likely N-dealkylation sites (N-methyl/N-ethyl adjacent to an activating group) is 1. The fourth-order valence-electron chi connectivity index (χ4n) is 5.77. The number of ether oxygens (including phenoxy) is 1. The van der Waals surface area contributed by atoms with Crippen LogP contribution in [0.1, 0.15) is 32.1 Å². The molecule has 1 fully saturated rings. The lowest BCUT2D eigenvalue weighted by molar-refractivity contribution is -0.139. The molecule has 1 aliphatic heterocycles. The van der Waals surface area contributed by atoms with E-state index in [1.54, 1.807) is 30.5 Å². The maximum absolute atomic E-state index is 13.6. The molecule has 2 aromatic heterocycles. The van der Waals surface area contributed by atoms with Crippen LogP contribution in [0.4, 0.5) is 4.79 Å². The zero-order chi connectivity index (χ0) is 38.3. The minimum atomic E-state index is -1.69. The van der Waals surface area contributed by atoms with E-state index in [1.807, 2.05) is 0 Å². The lowest BCUT2D eigenvalue weighted by atomic mass is 10.0. The van der Waals surface area contributed by atoms with Crippen molar-refractivity contribution in [1.82, 2.24) is 40.7 Å². The second-order valence-electron chi connectivity index (χ2n) is 12.4. The number of fused-ring (bicyclic) bond motifs is 1. The lowest BCUT2D eigenvalue weighted by Gasteiger charge is -2.33. The monoisotopic (exact) mass is 729 g/mol. The predicted octanol–water partition coefficient (Wildman–Crippen LogP) is -3.18. The molecule has 282 valence electrons. The highest BCUT2D eigenvalue weighted by molar-refractivity contribution is 5.94. The summed E-state index contributed by atoms with van der Waals surface area (Å²) < 4.78 is 6.74. The average molecular weight is 730 g/mol. The van der Waals surface area contributed by atoms with Gasteiger partial charge in [0.05, 0.1) is 24.8 Å². The minimum absolute atomic E-state index is 0.0184. The third-order valence-electron chi connectivity index (χ3n) is 8.79. The molecule has 0 radical (unpaired) electrons. The number of urea groups is 1. The molecular formula is C32H43N9O11. The van der Waals surface area contributed by atoms with Gasteiger partial charge in [-0.3, -0.25) is 28.7 Å².